The highest BCUT2D eigenvalue weighted by molar-refractivity contribution is 5.95. The van der Waals surface area contributed by atoms with Gasteiger partial charge in [0.15, 0.2) is 0 Å². The molecule has 0 atom stereocenters. The fraction of sp³-hybridized carbons (Fsp3) is 0.500. The number of methoxy groups -OCH3 is 1. The van der Waals surface area contributed by atoms with E-state index in [9.17, 15) is 0 Å². The molecule has 72 valence electrons. The molecule has 13 heavy (non-hydrogen) atoms. The number of aryl methyl sites for hydroxylation is 2. The van der Waals surface area contributed by atoms with Gasteiger partial charge in [-0.15, -0.1) is 0 Å². The molecule has 1 rings (SSSR count). The summed E-state index contributed by atoms with van der Waals surface area (Å²) in [6.45, 7) is 3.78. The third-order valence-electron chi connectivity index (χ3n) is 1.71. The Morgan fingerprint density at radius 3 is 2.46 bits per heavy atom. The molecule has 0 saturated heterocycles. The molecule has 0 amide bonds. The van der Waals surface area contributed by atoms with Crippen LogP contribution < -0.4 is 0 Å². The maximum absolute atomic E-state index is 5.06. The summed E-state index contributed by atoms with van der Waals surface area (Å²) in [6, 6.07) is 0. The van der Waals surface area contributed by atoms with E-state index in [-0.39, 0.29) is 0 Å². The minimum absolute atomic E-state index is 0.436. The normalized spacial score (nSPS) is 11.5. The Morgan fingerprint density at radius 1 is 1.38 bits per heavy atom. The number of hydrogen-bond donors (Lipinski definition) is 1. The van der Waals surface area contributed by atoms with Gasteiger partial charge < -0.3 is 9.57 Å². The van der Waals surface area contributed by atoms with Gasteiger partial charge in [0, 0.05) is 5.69 Å². The number of aromatic nitrogens is 2. The number of nitrogens with one attached hydrogen (secondary N) is 1. The number of H-pyrrole nitrogens is 1. The van der Waals surface area contributed by atoms with E-state index in [0.29, 0.717) is 5.90 Å². The number of rotatable bonds is 2. The smallest absolute Gasteiger partial charge is 0.261 e. The number of nitrogens with zero attached hydrogens (tertiary/aromatic N) is 2. The highest BCUT2D eigenvalue weighted by Crippen LogP contribution is 2.11. The zero-order chi connectivity index (χ0) is 9.84. The van der Waals surface area contributed by atoms with Gasteiger partial charge in [0.2, 0.25) is 0 Å². The van der Waals surface area contributed by atoms with Crippen LogP contribution in [-0.4, -0.2) is 30.3 Å². The van der Waals surface area contributed by atoms with Crippen LogP contribution in [0.2, 0.25) is 0 Å². The number of aromatic amines is 1. The molecule has 0 saturated carbocycles. The van der Waals surface area contributed by atoms with E-state index in [1.807, 2.05) is 13.8 Å². The molecule has 0 unspecified atom stereocenters. The average Bonchev–Trinajstić information content (AvgIpc) is 2.43. The van der Waals surface area contributed by atoms with Crippen molar-refractivity contribution in [3.63, 3.8) is 0 Å². The first-order valence-corrected chi connectivity index (χ1v) is 3.87. The summed E-state index contributed by atoms with van der Waals surface area (Å²) < 4.78 is 5.06. The van der Waals surface area contributed by atoms with Crippen molar-refractivity contribution in [2.75, 3.05) is 14.2 Å². The highest BCUT2D eigenvalue weighted by Gasteiger charge is 2.14. The van der Waals surface area contributed by atoms with Crippen LogP contribution in [0.25, 0.3) is 0 Å². The van der Waals surface area contributed by atoms with Crippen LogP contribution in [0.3, 0.4) is 0 Å². The van der Waals surface area contributed by atoms with Crippen LogP contribution in [0, 0.1) is 13.8 Å². The second-order valence-corrected chi connectivity index (χ2v) is 2.59. The van der Waals surface area contributed by atoms with Crippen molar-refractivity contribution < 1.29 is 9.57 Å². The van der Waals surface area contributed by atoms with Crippen LogP contribution in [0.15, 0.2) is 5.16 Å². The van der Waals surface area contributed by atoms with Crippen molar-refractivity contribution in [3.05, 3.63) is 17.0 Å². The van der Waals surface area contributed by atoms with Gasteiger partial charge >= 0.3 is 0 Å². The Hall–Kier alpha value is -1.52. The zero-order valence-corrected chi connectivity index (χ0v) is 8.21. The van der Waals surface area contributed by atoms with E-state index < -0.39 is 0 Å². The third-order valence-corrected chi connectivity index (χ3v) is 1.71. The van der Waals surface area contributed by atoms with Gasteiger partial charge in [-0.3, -0.25) is 5.10 Å². The fourth-order valence-electron chi connectivity index (χ4n) is 1.13. The van der Waals surface area contributed by atoms with Crippen molar-refractivity contribution in [1.29, 1.82) is 0 Å². The van der Waals surface area contributed by atoms with Crippen molar-refractivity contribution in [1.82, 2.24) is 10.2 Å². The minimum Gasteiger partial charge on any atom is -0.478 e. The van der Waals surface area contributed by atoms with Crippen molar-refractivity contribution in [3.8, 4) is 0 Å². The summed E-state index contributed by atoms with van der Waals surface area (Å²) in [7, 11) is 3.02. The Bertz CT molecular complexity index is 298. The lowest BCUT2D eigenvalue weighted by Crippen LogP contribution is -2.06. The first kappa shape index (κ1) is 9.57. The molecule has 5 heteroatoms. The third kappa shape index (κ3) is 1.80. The first-order chi connectivity index (χ1) is 6.20. The van der Waals surface area contributed by atoms with Crippen molar-refractivity contribution >= 4 is 5.90 Å². The molecule has 0 aliphatic rings. The lowest BCUT2D eigenvalue weighted by atomic mass is 10.2. The molecule has 5 nitrogen and oxygen atoms in total. The van der Waals surface area contributed by atoms with Gasteiger partial charge in [-0.05, 0) is 19.0 Å². The van der Waals surface area contributed by atoms with Gasteiger partial charge in [-0.2, -0.15) is 5.10 Å². The Kier molecular flexibility index (Phi) is 2.89. The van der Waals surface area contributed by atoms with Crippen LogP contribution in [0.1, 0.15) is 17.0 Å². The van der Waals surface area contributed by atoms with E-state index in [1.54, 1.807) is 7.11 Å². The summed E-state index contributed by atoms with van der Waals surface area (Å²) in [6.07, 6.45) is 0. The van der Waals surface area contributed by atoms with Gasteiger partial charge in [0.25, 0.3) is 5.90 Å². The first-order valence-electron chi connectivity index (χ1n) is 3.87. The summed E-state index contributed by atoms with van der Waals surface area (Å²) in [5.41, 5.74) is 2.61. The summed E-state index contributed by atoms with van der Waals surface area (Å²) in [5.74, 6) is 0.436. The van der Waals surface area contributed by atoms with Crippen molar-refractivity contribution in [2.24, 2.45) is 5.16 Å². The van der Waals surface area contributed by atoms with E-state index in [4.69, 9.17) is 4.74 Å². The molecule has 1 aromatic heterocycles. The second-order valence-electron chi connectivity index (χ2n) is 2.59. The van der Waals surface area contributed by atoms with Crippen LogP contribution in [-0.2, 0) is 9.57 Å². The molecule has 0 aromatic carbocycles. The number of ether oxygens (including phenoxy) is 1. The van der Waals surface area contributed by atoms with E-state index in [0.717, 1.165) is 17.0 Å². The molecule has 1 N–H and O–H groups in total. The Morgan fingerprint density at radius 2 is 2.08 bits per heavy atom. The SMILES string of the molecule is CO/N=C(\OC)c1c(C)n[nH]c1C. The maximum Gasteiger partial charge on any atom is 0.261 e. The standard InChI is InChI=1S/C8H13N3O2/c1-5-7(6(2)10-9-5)8(12-3)11-13-4/h1-4H3,(H,9,10)/b11-8-. The molecular weight excluding hydrogens is 170 g/mol. The summed E-state index contributed by atoms with van der Waals surface area (Å²) >= 11 is 0. The molecule has 0 spiro atoms. The van der Waals surface area contributed by atoms with Gasteiger partial charge in [0.05, 0.1) is 18.4 Å². The van der Waals surface area contributed by atoms with Crippen molar-refractivity contribution in [2.45, 2.75) is 13.8 Å². The highest BCUT2D eigenvalue weighted by atomic mass is 16.6. The van der Waals surface area contributed by atoms with Crippen LogP contribution >= 0.6 is 0 Å². The second kappa shape index (κ2) is 3.93. The summed E-state index contributed by atoms with van der Waals surface area (Å²) in [4.78, 5) is 4.65. The molecule has 1 aromatic rings. The van der Waals surface area contributed by atoms with Gasteiger partial charge in [0.1, 0.15) is 7.11 Å². The lowest BCUT2D eigenvalue weighted by molar-refractivity contribution is 0.199. The van der Waals surface area contributed by atoms with Crippen LogP contribution in [0.4, 0.5) is 0 Å². The average molecular weight is 183 g/mol. The number of oxime groups is 1. The van der Waals surface area contributed by atoms with E-state index in [1.165, 1.54) is 7.11 Å². The van der Waals surface area contributed by atoms with Crippen LogP contribution in [0.5, 0.6) is 0 Å². The molecule has 0 aliphatic heterocycles. The van der Waals surface area contributed by atoms with E-state index in [2.05, 4.69) is 20.2 Å². The predicted molar refractivity (Wildman–Crippen MR) is 48.6 cm³/mol. The molecule has 0 radical (unpaired) electrons. The van der Waals surface area contributed by atoms with E-state index >= 15 is 0 Å². The summed E-state index contributed by atoms with van der Waals surface area (Å²) in [5, 5.41) is 10.6. The topological polar surface area (TPSA) is 59.5 Å². The monoisotopic (exact) mass is 183 g/mol. The minimum atomic E-state index is 0.436. The molecule has 0 fully saturated rings. The maximum atomic E-state index is 5.06. The molecule has 0 aliphatic carbocycles. The number of hydrogen-bond acceptors (Lipinski definition) is 4. The lowest BCUT2D eigenvalue weighted by Gasteiger charge is -2.02. The van der Waals surface area contributed by atoms with Gasteiger partial charge in [-0.1, -0.05) is 0 Å². The predicted octanol–water partition coefficient (Wildman–Crippen LogP) is 0.981. The molecule has 1 heterocycles. The quantitative estimate of drug-likeness (QED) is 0.422. The Labute approximate surface area is 76.7 Å². The fourth-order valence-corrected chi connectivity index (χ4v) is 1.13. The largest absolute Gasteiger partial charge is 0.478 e. The zero-order valence-electron chi connectivity index (χ0n) is 8.21. The molecular formula is C8H13N3O2. The Balaban J connectivity index is 3.11. The molecule has 0 bridgehead atoms. The van der Waals surface area contributed by atoms with Gasteiger partial charge in [-0.25, -0.2) is 0 Å².